The van der Waals surface area contributed by atoms with E-state index in [1.165, 1.54) is 35.6 Å². The van der Waals surface area contributed by atoms with E-state index in [9.17, 15) is 4.79 Å². The number of rotatable bonds is 5. The first-order valence-electron chi connectivity index (χ1n) is 7.10. The summed E-state index contributed by atoms with van der Waals surface area (Å²) >= 11 is 2.93. The molecule has 0 atom stereocenters. The van der Waals surface area contributed by atoms with Crippen LogP contribution in [0.1, 0.15) is 18.4 Å². The quantitative estimate of drug-likeness (QED) is 0.654. The zero-order valence-corrected chi connectivity index (χ0v) is 14.4. The Morgan fingerprint density at radius 1 is 1.18 bits per heavy atom. The van der Waals surface area contributed by atoms with Gasteiger partial charge in [0.2, 0.25) is 0 Å². The Kier molecular flexibility index (Phi) is 4.54. The smallest absolute Gasteiger partial charge is 0.322 e. The molecule has 1 aromatic carbocycles. The van der Waals surface area contributed by atoms with Crippen LogP contribution in [0.25, 0.3) is 0 Å². The third-order valence-electron chi connectivity index (χ3n) is 4.06. The van der Waals surface area contributed by atoms with E-state index in [0.29, 0.717) is 0 Å². The van der Waals surface area contributed by atoms with Crippen LogP contribution in [0.4, 0.5) is 0 Å². The summed E-state index contributed by atoms with van der Waals surface area (Å²) in [5.74, 6) is 1.53. The van der Waals surface area contributed by atoms with Gasteiger partial charge < -0.3 is 9.47 Å². The van der Waals surface area contributed by atoms with Crippen molar-refractivity contribution in [3.63, 3.8) is 0 Å². The lowest BCUT2D eigenvalue weighted by Crippen LogP contribution is -2.33. The second-order valence-electron chi connectivity index (χ2n) is 5.43. The fourth-order valence-electron chi connectivity index (χ4n) is 2.81. The molecule has 1 aromatic rings. The molecule has 1 aliphatic carbocycles. The molecule has 1 radical (unpaired) electrons. The highest BCUT2D eigenvalue weighted by atomic mass is 32.2. The van der Waals surface area contributed by atoms with Gasteiger partial charge in [0.15, 0.2) is 0 Å². The van der Waals surface area contributed by atoms with Gasteiger partial charge in [-0.05, 0) is 52.5 Å². The van der Waals surface area contributed by atoms with Crippen molar-refractivity contribution in [1.82, 2.24) is 0 Å². The molecule has 2 aliphatic rings. The minimum absolute atomic E-state index is 0.112. The lowest BCUT2D eigenvalue weighted by Gasteiger charge is -2.25. The number of hydrogen-bond donors (Lipinski definition) is 1. The van der Waals surface area contributed by atoms with E-state index in [4.69, 9.17) is 9.47 Å². The topological polar surface area (TPSA) is 35.5 Å². The van der Waals surface area contributed by atoms with Gasteiger partial charge in [-0.2, -0.15) is 11.8 Å². The third kappa shape index (κ3) is 2.92. The van der Waals surface area contributed by atoms with Crippen molar-refractivity contribution >= 4 is 29.5 Å². The molecule has 5 heteroatoms. The van der Waals surface area contributed by atoms with Crippen molar-refractivity contribution in [3.8, 4) is 5.75 Å². The first kappa shape index (κ1) is 15.6. The summed E-state index contributed by atoms with van der Waals surface area (Å²) in [6, 6.07) is 8.00. The number of carbonyl (C=O) groups is 1. The van der Waals surface area contributed by atoms with Crippen molar-refractivity contribution < 1.29 is 14.3 Å². The molecular weight excluding hydrogens is 316 g/mol. The molecular formula is C17H19O3S2. The van der Waals surface area contributed by atoms with E-state index >= 15 is 0 Å². The molecule has 0 spiro atoms. The minimum Gasteiger partial charge on any atom is -0.497 e. The highest BCUT2D eigenvalue weighted by Crippen LogP contribution is 2.52. The number of hydrogen-bond acceptors (Lipinski definition) is 4. The Morgan fingerprint density at radius 2 is 1.82 bits per heavy atom. The van der Waals surface area contributed by atoms with Gasteiger partial charge in [0.25, 0.3) is 0 Å². The maximum Gasteiger partial charge on any atom is 0.322 e. The Bertz CT molecular complexity index is 612. The van der Waals surface area contributed by atoms with Gasteiger partial charge in [0.05, 0.1) is 14.2 Å². The lowest BCUT2D eigenvalue weighted by molar-refractivity contribution is -0.143. The number of thioether (sulfide) groups is 1. The lowest BCUT2D eigenvalue weighted by atomic mass is 10.1. The molecule has 1 saturated carbocycles. The van der Waals surface area contributed by atoms with Crippen LogP contribution < -0.4 is 4.74 Å². The van der Waals surface area contributed by atoms with Crippen molar-refractivity contribution in [3.05, 3.63) is 51.8 Å². The Hall–Kier alpha value is -1.33. The molecule has 22 heavy (non-hydrogen) atoms. The Morgan fingerprint density at radius 3 is 2.36 bits per heavy atom. The molecule has 3 rings (SSSR count). The monoisotopic (exact) mass is 335 g/mol. The molecule has 0 bridgehead atoms. The van der Waals surface area contributed by atoms with Gasteiger partial charge in [-0.15, -0.1) is 11.8 Å². The molecule has 0 unspecified atom stereocenters. The average molecular weight is 335 g/mol. The second-order valence-corrected chi connectivity index (χ2v) is 7.61. The molecule has 117 valence electrons. The number of esters is 1. The predicted molar refractivity (Wildman–Crippen MR) is 93.4 cm³/mol. The van der Waals surface area contributed by atoms with Crippen molar-refractivity contribution in [2.24, 2.45) is 0 Å². The standard InChI is InChI=1S/C17H19O3S2/c1-19-15-5-3-12(4-6-15)9-22-17(16(18)20-2)7-13-10-21-11-14(13)8-17/h3-6,10-11,21H,7-9H2,1-2H3. The highest BCUT2D eigenvalue weighted by Gasteiger charge is 2.47. The largest absolute Gasteiger partial charge is 0.497 e. The number of benzene rings is 1. The van der Waals surface area contributed by atoms with E-state index in [1.807, 2.05) is 24.3 Å². The van der Waals surface area contributed by atoms with E-state index in [2.05, 4.69) is 10.8 Å². The van der Waals surface area contributed by atoms with Crippen LogP contribution in [0.2, 0.25) is 0 Å². The number of thiol groups is 1. The number of methoxy groups -OCH3 is 2. The van der Waals surface area contributed by atoms with E-state index in [0.717, 1.165) is 24.3 Å². The zero-order chi connectivity index (χ0) is 15.6. The fraction of sp³-hybridized carbons (Fsp3) is 0.353. The molecule has 0 saturated heterocycles. The van der Waals surface area contributed by atoms with E-state index in [1.54, 1.807) is 18.9 Å². The molecule has 1 fully saturated rings. The average Bonchev–Trinajstić information content (AvgIpc) is 3.12. The third-order valence-corrected chi connectivity index (χ3v) is 6.46. The van der Waals surface area contributed by atoms with Crippen LogP contribution >= 0.6 is 23.5 Å². The van der Waals surface area contributed by atoms with Crippen LogP contribution in [0.3, 0.4) is 0 Å². The molecule has 0 N–H and O–H groups in total. The molecule has 3 nitrogen and oxygen atoms in total. The van der Waals surface area contributed by atoms with Crippen molar-refractivity contribution in [1.29, 1.82) is 0 Å². The van der Waals surface area contributed by atoms with Crippen LogP contribution in [0, 0.1) is 0 Å². The van der Waals surface area contributed by atoms with Gasteiger partial charge >= 0.3 is 5.97 Å². The second kappa shape index (κ2) is 6.42. The summed E-state index contributed by atoms with van der Waals surface area (Å²) in [6.07, 6.45) is 1.55. The summed E-state index contributed by atoms with van der Waals surface area (Å²) in [5, 5.41) is 4.40. The van der Waals surface area contributed by atoms with Crippen LogP contribution in [-0.4, -0.2) is 24.9 Å². The summed E-state index contributed by atoms with van der Waals surface area (Å²) < 4.78 is 9.80. The van der Waals surface area contributed by atoms with Gasteiger partial charge in [-0.3, -0.25) is 4.79 Å². The first-order valence-corrected chi connectivity index (χ1v) is 9.12. The van der Waals surface area contributed by atoms with E-state index in [-0.39, 0.29) is 5.97 Å². The van der Waals surface area contributed by atoms with Crippen molar-refractivity contribution in [2.45, 2.75) is 23.3 Å². The number of fused-ring (bicyclic) bond motifs is 1. The summed E-state index contributed by atoms with van der Waals surface area (Å²) in [6.45, 7) is 0. The normalized spacial score (nSPS) is 18.5. The SMILES string of the molecule is COC(=O)C1(SCc2ccc(OC)cc2)CC2=C[SH]C=C2C1. The summed E-state index contributed by atoms with van der Waals surface area (Å²) in [7, 11) is 3.14. The number of carbonyl (C=O) groups excluding carboxylic acids is 1. The summed E-state index contributed by atoms with van der Waals surface area (Å²) in [4.78, 5) is 12.4. The number of allylic oxidation sites excluding steroid dienone is 2. The summed E-state index contributed by atoms with van der Waals surface area (Å²) in [5.41, 5.74) is 3.82. The van der Waals surface area contributed by atoms with E-state index < -0.39 is 4.75 Å². The van der Waals surface area contributed by atoms with Gasteiger partial charge in [0, 0.05) is 5.75 Å². The molecule has 0 aromatic heterocycles. The van der Waals surface area contributed by atoms with Crippen LogP contribution in [-0.2, 0) is 15.3 Å². The molecule has 0 amide bonds. The Balaban J connectivity index is 1.74. The van der Waals surface area contributed by atoms with Gasteiger partial charge in [0.1, 0.15) is 10.5 Å². The predicted octanol–water partition coefficient (Wildman–Crippen LogP) is 3.88. The fourth-order valence-corrected chi connectivity index (χ4v) is 5.11. The number of ether oxygens (including phenoxy) is 2. The van der Waals surface area contributed by atoms with Crippen molar-refractivity contribution in [2.75, 3.05) is 14.2 Å². The highest BCUT2D eigenvalue weighted by molar-refractivity contribution is 8.05. The zero-order valence-electron chi connectivity index (χ0n) is 12.7. The van der Waals surface area contributed by atoms with Gasteiger partial charge in [-0.25, -0.2) is 0 Å². The maximum atomic E-state index is 12.4. The maximum absolute atomic E-state index is 12.4. The Labute approximate surface area is 139 Å². The molecule has 1 aliphatic heterocycles. The van der Waals surface area contributed by atoms with Crippen LogP contribution in [0.5, 0.6) is 5.75 Å². The molecule has 1 heterocycles. The minimum atomic E-state index is -0.470. The van der Waals surface area contributed by atoms with Gasteiger partial charge in [-0.1, -0.05) is 12.1 Å². The van der Waals surface area contributed by atoms with Crippen LogP contribution in [0.15, 0.2) is 46.2 Å². The first-order chi connectivity index (χ1) is 10.7.